The summed E-state index contributed by atoms with van der Waals surface area (Å²) >= 11 is 8.12. The Kier molecular flexibility index (Phi) is 6.61. The molecule has 2 N–H and O–H groups in total. The fourth-order valence-corrected chi connectivity index (χ4v) is 4.95. The molecule has 3 aromatic carbocycles. The Morgan fingerprint density at radius 3 is 2.82 bits per heavy atom. The summed E-state index contributed by atoms with van der Waals surface area (Å²) < 4.78 is 0. The highest BCUT2D eigenvalue weighted by atomic mass is 35.5. The van der Waals surface area contributed by atoms with Crippen molar-refractivity contribution in [3.05, 3.63) is 89.1 Å². The number of nitrogens with one attached hydrogen (secondary N) is 2. The zero-order chi connectivity index (χ0) is 23.5. The van der Waals surface area contributed by atoms with Gasteiger partial charge in [0.25, 0.3) is 0 Å². The summed E-state index contributed by atoms with van der Waals surface area (Å²) in [5, 5.41) is 4.21. The topological polar surface area (TPSA) is 61.0 Å². The van der Waals surface area contributed by atoms with Gasteiger partial charge >= 0.3 is 0 Å². The summed E-state index contributed by atoms with van der Waals surface area (Å²) in [5.74, 6) is 1.46. The predicted molar refractivity (Wildman–Crippen MR) is 142 cm³/mol. The van der Waals surface area contributed by atoms with Gasteiger partial charge in [0.15, 0.2) is 0 Å². The highest BCUT2D eigenvalue weighted by Gasteiger charge is 2.22. The number of anilines is 2. The lowest BCUT2D eigenvalue weighted by Crippen LogP contribution is -2.37. The minimum atomic E-state index is 0.201. The van der Waals surface area contributed by atoms with Crippen molar-refractivity contribution in [3.63, 3.8) is 0 Å². The second-order valence-corrected chi connectivity index (χ2v) is 9.55. The molecule has 0 radical (unpaired) electrons. The molecule has 0 bridgehead atoms. The number of nitrogens with zero attached hydrogens (tertiary/aromatic N) is 2. The van der Waals surface area contributed by atoms with E-state index >= 15 is 0 Å². The molecule has 1 amide bonds. The van der Waals surface area contributed by atoms with Crippen molar-refractivity contribution in [1.82, 2.24) is 14.9 Å². The van der Waals surface area contributed by atoms with Crippen molar-refractivity contribution in [3.8, 4) is 22.6 Å². The van der Waals surface area contributed by atoms with Crippen molar-refractivity contribution >= 4 is 40.6 Å². The number of aromatic nitrogens is 2. The van der Waals surface area contributed by atoms with Crippen LogP contribution >= 0.6 is 23.4 Å². The van der Waals surface area contributed by atoms with Gasteiger partial charge in [-0.05, 0) is 53.6 Å². The minimum absolute atomic E-state index is 0.201. The molecule has 1 aromatic heterocycles. The molecule has 1 aliphatic rings. The van der Waals surface area contributed by atoms with Crippen LogP contribution in [0.1, 0.15) is 11.1 Å². The summed E-state index contributed by atoms with van der Waals surface area (Å²) in [6.07, 6.45) is 4.62. The van der Waals surface area contributed by atoms with Gasteiger partial charge in [0.1, 0.15) is 5.82 Å². The molecule has 0 fully saturated rings. The fraction of sp³-hybridized carbons (Fsp3) is 0.185. The highest BCUT2D eigenvalue weighted by Crippen LogP contribution is 2.33. The number of imidazole rings is 1. The van der Waals surface area contributed by atoms with Crippen molar-refractivity contribution in [2.45, 2.75) is 13.0 Å². The van der Waals surface area contributed by atoms with E-state index in [9.17, 15) is 4.79 Å². The first-order valence-corrected chi connectivity index (χ1v) is 12.9. The molecular weight excluding hydrogens is 464 g/mol. The Labute approximate surface area is 208 Å². The third kappa shape index (κ3) is 4.69. The first-order valence-electron chi connectivity index (χ1n) is 11.2. The number of fused-ring (bicyclic) bond motifs is 1. The zero-order valence-corrected chi connectivity index (χ0v) is 20.4. The molecule has 0 aliphatic carbocycles. The van der Waals surface area contributed by atoms with E-state index in [1.54, 1.807) is 11.8 Å². The predicted octanol–water partition coefficient (Wildman–Crippen LogP) is 6.39. The second-order valence-electron chi connectivity index (χ2n) is 8.27. The van der Waals surface area contributed by atoms with Gasteiger partial charge in [-0.2, -0.15) is 11.8 Å². The number of thioether (sulfide) groups is 1. The Bertz CT molecular complexity index is 1320. The summed E-state index contributed by atoms with van der Waals surface area (Å²) in [6, 6.07) is 22.2. The molecule has 7 heteroatoms. The lowest BCUT2D eigenvalue weighted by Gasteiger charge is -2.30. The number of benzene rings is 3. The van der Waals surface area contributed by atoms with Gasteiger partial charge in [-0.3, -0.25) is 4.79 Å². The smallest absolute Gasteiger partial charge is 0.232 e. The Balaban J connectivity index is 1.39. The SMILES string of the molecule is CSCC(=O)N1CCc2c(cccc2Nc2ccc(Cl)c(-c3ncc(-c4ccccc4)[nH]3)c2)C1. The van der Waals surface area contributed by atoms with Gasteiger partial charge in [0.2, 0.25) is 5.91 Å². The number of carbonyl (C=O) groups excluding carboxylic acids is 1. The number of H-pyrrole nitrogens is 1. The monoisotopic (exact) mass is 488 g/mol. The van der Waals surface area contributed by atoms with Gasteiger partial charge in [-0.1, -0.05) is 54.1 Å². The highest BCUT2D eigenvalue weighted by molar-refractivity contribution is 7.99. The lowest BCUT2D eigenvalue weighted by molar-refractivity contribution is -0.129. The van der Waals surface area contributed by atoms with Crippen molar-refractivity contribution in [1.29, 1.82) is 0 Å². The van der Waals surface area contributed by atoms with Gasteiger partial charge in [-0.15, -0.1) is 0 Å². The van der Waals surface area contributed by atoms with Crippen LogP contribution in [0.5, 0.6) is 0 Å². The molecule has 0 saturated carbocycles. The van der Waals surface area contributed by atoms with E-state index in [-0.39, 0.29) is 5.91 Å². The first-order chi connectivity index (χ1) is 16.6. The molecule has 0 spiro atoms. The zero-order valence-electron chi connectivity index (χ0n) is 18.8. The number of rotatable bonds is 6. The molecule has 2 heterocycles. The van der Waals surface area contributed by atoms with Crippen LogP contribution in [-0.2, 0) is 17.8 Å². The average Bonchev–Trinajstić information content (AvgIpc) is 3.36. The van der Waals surface area contributed by atoms with Gasteiger partial charge in [0.05, 0.1) is 22.7 Å². The maximum atomic E-state index is 12.3. The number of hydrogen-bond acceptors (Lipinski definition) is 4. The van der Waals surface area contributed by atoms with E-state index in [2.05, 4.69) is 27.4 Å². The van der Waals surface area contributed by atoms with E-state index in [4.69, 9.17) is 11.6 Å². The van der Waals surface area contributed by atoms with Gasteiger partial charge < -0.3 is 15.2 Å². The molecule has 5 nitrogen and oxygen atoms in total. The van der Waals surface area contributed by atoms with Crippen LogP contribution in [-0.4, -0.2) is 39.3 Å². The first kappa shape index (κ1) is 22.6. The molecule has 5 rings (SSSR count). The molecule has 34 heavy (non-hydrogen) atoms. The van der Waals surface area contributed by atoms with Crippen LogP contribution in [0.3, 0.4) is 0 Å². The van der Waals surface area contributed by atoms with Crippen LogP contribution in [0.4, 0.5) is 11.4 Å². The third-order valence-corrected chi connectivity index (χ3v) is 6.91. The fourth-order valence-electron chi connectivity index (χ4n) is 4.32. The summed E-state index contributed by atoms with van der Waals surface area (Å²) in [5.41, 5.74) is 7.32. The maximum absolute atomic E-state index is 12.3. The largest absolute Gasteiger partial charge is 0.355 e. The van der Waals surface area contributed by atoms with Crippen LogP contribution in [0.25, 0.3) is 22.6 Å². The summed E-state index contributed by atoms with van der Waals surface area (Å²) in [7, 11) is 0. The summed E-state index contributed by atoms with van der Waals surface area (Å²) in [6.45, 7) is 1.40. The van der Waals surface area contributed by atoms with Crippen LogP contribution in [0, 0.1) is 0 Å². The van der Waals surface area contributed by atoms with Gasteiger partial charge in [0, 0.05) is 30.0 Å². The Morgan fingerprint density at radius 1 is 1.15 bits per heavy atom. The van der Waals surface area contributed by atoms with E-state index < -0.39 is 0 Å². The number of carbonyl (C=O) groups is 1. The molecular formula is C27H25ClN4OS. The maximum Gasteiger partial charge on any atom is 0.232 e. The van der Waals surface area contributed by atoms with Crippen LogP contribution < -0.4 is 5.32 Å². The molecule has 172 valence electrons. The minimum Gasteiger partial charge on any atom is -0.355 e. The van der Waals surface area contributed by atoms with E-state index in [0.717, 1.165) is 47.0 Å². The third-order valence-electron chi connectivity index (χ3n) is 6.05. The molecule has 0 saturated heterocycles. The van der Waals surface area contributed by atoms with E-state index in [0.29, 0.717) is 17.3 Å². The van der Waals surface area contributed by atoms with Crippen LogP contribution in [0.2, 0.25) is 5.02 Å². The number of halogens is 1. The quantitative estimate of drug-likeness (QED) is 0.330. The second kappa shape index (κ2) is 9.95. The standard InChI is InChI=1S/C27H25ClN4OS/c1-34-17-26(33)32-13-12-21-19(16-32)8-5-9-24(21)30-20-10-11-23(28)22(14-20)27-29-15-25(31-27)18-6-3-2-4-7-18/h2-11,14-15,30H,12-13,16-17H2,1H3,(H,29,31). The Morgan fingerprint density at radius 2 is 2.00 bits per heavy atom. The van der Waals surface area contributed by atoms with Crippen LogP contribution in [0.15, 0.2) is 72.9 Å². The molecule has 0 unspecified atom stereocenters. The Hall–Kier alpha value is -3.22. The lowest BCUT2D eigenvalue weighted by atomic mass is 9.97. The van der Waals surface area contributed by atoms with Crippen molar-refractivity contribution < 1.29 is 4.79 Å². The van der Waals surface area contributed by atoms with Crippen molar-refractivity contribution in [2.75, 3.05) is 23.9 Å². The van der Waals surface area contributed by atoms with Crippen molar-refractivity contribution in [2.24, 2.45) is 0 Å². The molecule has 4 aromatic rings. The molecule has 0 atom stereocenters. The number of aromatic amines is 1. The number of hydrogen-bond donors (Lipinski definition) is 2. The average molecular weight is 489 g/mol. The van der Waals surface area contributed by atoms with E-state index in [1.165, 1.54) is 11.1 Å². The van der Waals surface area contributed by atoms with Gasteiger partial charge in [-0.25, -0.2) is 4.98 Å². The number of amides is 1. The molecule has 1 aliphatic heterocycles. The van der Waals surface area contributed by atoms with E-state index in [1.807, 2.05) is 71.9 Å². The normalized spacial score (nSPS) is 12.9. The summed E-state index contributed by atoms with van der Waals surface area (Å²) in [4.78, 5) is 22.3.